The Morgan fingerprint density at radius 2 is 1.93 bits per heavy atom. The summed E-state index contributed by atoms with van der Waals surface area (Å²) in [6.45, 7) is 0.781. The Labute approximate surface area is 84.4 Å². The smallest absolute Gasteiger partial charge is 0.303 e. The van der Waals surface area contributed by atoms with Gasteiger partial charge >= 0.3 is 5.97 Å². The van der Waals surface area contributed by atoms with Crippen LogP contribution in [0, 0.1) is 0 Å². The lowest BCUT2D eigenvalue weighted by atomic mass is 10.1. The second-order valence-corrected chi connectivity index (χ2v) is 3.11. The Bertz CT molecular complexity index is 171. The first-order valence-electron chi connectivity index (χ1n) is 4.93. The van der Waals surface area contributed by atoms with Crippen LogP contribution in [0.15, 0.2) is 4.99 Å². The molecule has 0 heterocycles. The van der Waals surface area contributed by atoms with Gasteiger partial charge in [0.05, 0.1) is 6.34 Å². The highest BCUT2D eigenvalue weighted by Gasteiger charge is 1.95. The maximum Gasteiger partial charge on any atom is 0.303 e. The van der Waals surface area contributed by atoms with E-state index in [1.54, 1.807) is 0 Å². The molecule has 0 aromatic carbocycles. The Kier molecular flexibility index (Phi) is 9.20. The number of rotatable bonds is 9. The molecule has 0 aliphatic rings. The highest BCUT2D eigenvalue weighted by molar-refractivity contribution is 5.66. The standard InChI is InChI=1S/C9H19N3O2/c10-12-8-11-7-5-3-1-2-4-6-9(13)14/h8H,1-7,10H2,(H,11,12)(H,13,14). The molecule has 0 rings (SSSR count). The number of carboxylic acid groups (broad SMARTS) is 1. The van der Waals surface area contributed by atoms with Gasteiger partial charge in [-0.1, -0.05) is 19.3 Å². The van der Waals surface area contributed by atoms with Gasteiger partial charge in [0.1, 0.15) is 0 Å². The Morgan fingerprint density at radius 3 is 2.57 bits per heavy atom. The van der Waals surface area contributed by atoms with Crippen molar-refractivity contribution < 1.29 is 9.90 Å². The van der Waals surface area contributed by atoms with Gasteiger partial charge < -0.3 is 10.5 Å². The van der Waals surface area contributed by atoms with Crippen molar-refractivity contribution in [2.45, 2.75) is 38.5 Å². The molecule has 0 amide bonds. The summed E-state index contributed by atoms with van der Waals surface area (Å²) in [5, 5.41) is 8.38. The molecule has 0 bridgehead atoms. The van der Waals surface area contributed by atoms with Crippen molar-refractivity contribution in [1.82, 2.24) is 5.43 Å². The number of nitrogens with two attached hydrogens (primary N) is 1. The lowest BCUT2D eigenvalue weighted by molar-refractivity contribution is -0.137. The van der Waals surface area contributed by atoms with Gasteiger partial charge in [0.25, 0.3) is 0 Å². The molecule has 0 radical (unpaired) electrons. The van der Waals surface area contributed by atoms with Crippen molar-refractivity contribution in [1.29, 1.82) is 0 Å². The van der Waals surface area contributed by atoms with Gasteiger partial charge in [0.15, 0.2) is 0 Å². The van der Waals surface area contributed by atoms with E-state index in [0.29, 0.717) is 0 Å². The van der Waals surface area contributed by atoms with E-state index in [1.807, 2.05) is 0 Å². The molecule has 14 heavy (non-hydrogen) atoms. The predicted molar refractivity (Wildman–Crippen MR) is 56.0 cm³/mol. The van der Waals surface area contributed by atoms with E-state index in [2.05, 4.69) is 10.4 Å². The maximum absolute atomic E-state index is 10.2. The molecule has 0 spiro atoms. The second kappa shape index (κ2) is 9.98. The summed E-state index contributed by atoms with van der Waals surface area (Å²) in [7, 11) is 0. The number of nitrogens with zero attached hydrogens (tertiary/aromatic N) is 1. The topological polar surface area (TPSA) is 87.7 Å². The van der Waals surface area contributed by atoms with E-state index in [9.17, 15) is 4.79 Å². The van der Waals surface area contributed by atoms with Crippen molar-refractivity contribution in [2.75, 3.05) is 6.54 Å². The summed E-state index contributed by atoms with van der Waals surface area (Å²) in [5.41, 5.74) is 2.33. The predicted octanol–water partition coefficient (Wildman–Crippen LogP) is 0.903. The van der Waals surface area contributed by atoms with E-state index in [0.717, 1.165) is 38.6 Å². The van der Waals surface area contributed by atoms with Gasteiger partial charge in [-0.3, -0.25) is 9.79 Å². The molecule has 5 nitrogen and oxygen atoms in total. The molecule has 0 atom stereocenters. The van der Waals surface area contributed by atoms with E-state index >= 15 is 0 Å². The van der Waals surface area contributed by atoms with Crippen molar-refractivity contribution in [2.24, 2.45) is 10.8 Å². The van der Waals surface area contributed by atoms with Crippen LogP contribution in [0.2, 0.25) is 0 Å². The van der Waals surface area contributed by atoms with Crippen LogP contribution in [0.4, 0.5) is 0 Å². The van der Waals surface area contributed by atoms with Gasteiger partial charge in [-0.25, -0.2) is 5.84 Å². The van der Waals surface area contributed by atoms with Crippen molar-refractivity contribution in [3.8, 4) is 0 Å². The minimum Gasteiger partial charge on any atom is -0.481 e. The zero-order valence-electron chi connectivity index (χ0n) is 8.41. The Balaban J connectivity index is 2.99. The molecular formula is C9H19N3O2. The van der Waals surface area contributed by atoms with Crippen LogP contribution in [0.1, 0.15) is 38.5 Å². The lowest BCUT2D eigenvalue weighted by Crippen LogP contribution is -2.19. The van der Waals surface area contributed by atoms with Gasteiger partial charge in [-0.05, 0) is 12.8 Å². The van der Waals surface area contributed by atoms with Crippen molar-refractivity contribution in [3.05, 3.63) is 0 Å². The molecule has 0 saturated heterocycles. The average molecular weight is 201 g/mol. The summed E-state index contributed by atoms with van der Waals surface area (Å²) in [5.74, 6) is 4.28. The number of hydrazine groups is 1. The lowest BCUT2D eigenvalue weighted by Gasteiger charge is -1.97. The van der Waals surface area contributed by atoms with Crippen LogP contribution >= 0.6 is 0 Å². The third kappa shape index (κ3) is 10.9. The highest BCUT2D eigenvalue weighted by atomic mass is 16.4. The third-order valence-corrected chi connectivity index (χ3v) is 1.84. The third-order valence-electron chi connectivity index (χ3n) is 1.84. The van der Waals surface area contributed by atoms with Crippen LogP contribution in [0.25, 0.3) is 0 Å². The molecular weight excluding hydrogens is 182 g/mol. The minimum absolute atomic E-state index is 0.287. The number of aliphatic imine (C=N–C) groups is 1. The molecule has 0 aromatic rings. The zero-order chi connectivity index (χ0) is 10.6. The second-order valence-electron chi connectivity index (χ2n) is 3.11. The largest absolute Gasteiger partial charge is 0.481 e. The number of hydrogen-bond donors (Lipinski definition) is 3. The fourth-order valence-corrected chi connectivity index (χ4v) is 1.13. The molecule has 5 heteroatoms. The monoisotopic (exact) mass is 201 g/mol. The molecule has 0 unspecified atom stereocenters. The van der Waals surface area contributed by atoms with Gasteiger partial charge in [0.2, 0.25) is 0 Å². The first-order valence-corrected chi connectivity index (χ1v) is 4.93. The van der Waals surface area contributed by atoms with Crippen LogP contribution < -0.4 is 11.3 Å². The molecule has 0 aromatic heterocycles. The molecule has 0 aliphatic carbocycles. The van der Waals surface area contributed by atoms with Crippen LogP contribution in [-0.4, -0.2) is 24.0 Å². The summed E-state index contributed by atoms with van der Waals surface area (Å²) in [4.78, 5) is 14.1. The van der Waals surface area contributed by atoms with Crippen molar-refractivity contribution >= 4 is 12.3 Å². The molecule has 0 fully saturated rings. The van der Waals surface area contributed by atoms with Crippen molar-refractivity contribution in [3.63, 3.8) is 0 Å². The zero-order valence-corrected chi connectivity index (χ0v) is 8.41. The first-order chi connectivity index (χ1) is 6.77. The summed E-state index contributed by atoms with van der Waals surface area (Å²) >= 11 is 0. The van der Waals surface area contributed by atoms with Gasteiger partial charge in [-0.2, -0.15) is 0 Å². The normalized spacial score (nSPS) is 10.6. The number of carbonyl (C=O) groups is 1. The summed E-state index contributed by atoms with van der Waals surface area (Å²) in [6, 6.07) is 0. The van der Waals surface area contributed by atoms with E-state index < -0.39 is 5.97 Å². The summed E-state index contributed by atoms with van der Waals surface area (Å²) in [6.07, 6.45) is 6.75. The molecule has 82 valence electrons. The SMILES string of the molecule is NNC=NCCCCCCCC(=O)O. The maximum atomic E-state index is 10.2. The number of carboxylic acids is 1. The fraction of sp³-hybridized carbons (Fsp3) is 0.778. The van der Waals surface area contributed by atoms with E-state index in [1.165, 1.54) is 6.34 Å². The Hall–Kier alpha value is -1.10. The highest BCUT2D eigenvalue weighted by Crippen LogP contribution is 2.05. The average Bonchev–Trinajstić information content (AvgIpc) is 2.15. The molecule has 0 saturated carbocycles. The number of aliphatic carboxylic acids is 1. The number of unbranched alkanes of at least 4 members (excludes halogenated alkanes) is 4. The molecule has 0 aliphatic heterocycles. The van der Waals surface area contributed by atoms with E-state index in [-0.39, 0.29) is 6.42 Å². The van der Waals surface area contributed by atoms with Crippen LogP contribution in [-0.2, 0) is 4.79 Å². The number of hydrogen-bond acceptors (Lipinski definition) is 3. The molecule has 4 N–H and O–H groups in total. The quantitative estimate of drug-likeness (QED) is 0.170. The Morgan fingerprint density at radius 1 is 1.29 bits per heavy atom. The van der Waals surface area contributed by atoms with Gasteiger partial charge in [-0.15, -0.1) is 0 Å². The first kappa shape index (κ1) is 12.9. The number of nitrogens with one attached hydrogen (secondary N) is 1. The van der Waals surface area contributed by atoms with Crippen LogP contribution in [0.3, 0.4) is 0 Å². The van der Waals surface area contributed by atoms with Crippen LogP contribution in [0.5, 0.6) is 0 Å². The van der Waals surface area contributed by atoms with E-state index in [4.69, 9.17) is 10.9 Å². The van der Waals surface area contributed by atoms with Gasteiger partial charge in [0, 0.05) is 13.0 Å². The minimum atomic E-state index is -0.705. The summed E-state index contributed by atoms with van der Waals surface area (Å²) < 4.78 is 0. The fourth-order valence-electron chi connectivity index (χ4n) is 1.13.